The molecule has 16 nitrogen and oxygen atoms in total. The molecule has 18 aliphatic rings. The Hall–Kier alpha value is -2.71. The van der Waals surface area contributed by atoms with E-state index in [-0.39, 0.29) is 63.8 Å². The van der Waals surface area contributed by atoms with E-state index in [0.717, 1.165) is 133 Å². The van der Waals surface area contributed by atoms with Crippen molar-refractivity contribution >= 4 is 37.8 Å². The Balaban J connectivity index is 0.000000123. The van der Waals surface area contributed by atoms with Crippen molar-refractivity contribution in [2.24, 2.45) is 123 Å². The SMILES string of the molecule is CC1=C2C[C@H]3[C@@H](CC[C@@H]4CN(C)C(=O)CC[C@@]43C)[C@@H]2CC[C@@]2(C1)O[C@@H]1C[C@H](C)CN(S(C)(=O)=O)[C@H]1[C@H]2C.CC1=C2C[C@H]3[C@@H](CC[C@@H]4CN(C)C(=O)CC[C@@]43C)[C@@H]2CC[C@@]2(C1)O[C@@H]1C[C@H](C)CN(S(C)(=O)=O)[C@H]1[C@H]2C.CC1=C2C[C@H]3[C@@H](CC[C@@H]4CN(C)C(=O)CC[C@@]43C)[C@@H]2CC[C@@]2(C1)O[C@@H]1C[C@H](C)CN[C@H]1[C@H]2C. The van der Waals surface area contributed by atoms with Gasteiger partial charge in [-0.3, -0.25) is 14.4 Å². The highest BCUT2D eigenvalue weighted by Crippen LogP contribution is 2.69. The zero-order valence-electron chi connectivity index (χ0n) is 69.3. The zero-order valence-corrected chi connectivity index (χ0v) is 71.0. The van der Waals surface area contributed by atoms with Gasteiger partial charge < -0.3 is 34.2 Å². The predicted molar refractivity (Wildman–Crippen MR) is 422 cm³/mol. The molecule has 18 heteroatoms. The van der Waals surface area contributed by atoms with Gasteiger partial charge in [0.1, 0.15) is 0 Å². The minimum Gasteiger partial charge on any atom is -0.369 e. The minimum atomic E-state index is -3.27. The number of carbonyl (C=O) groups is 3. The third kappa shape index (κ3) is 13.0. The number of hydrogen-bond acceptors (Lipinski definition) is 11. The molecule has 107 heavy (non-hydrogen) atoms. The molecule has 0 aromatic carbocycles. The van der Waals surface area contributed by atoms with Crippen LogP contribution in [0, 0.1) is 123 Å². The molecule has 0 aromatic rings. The van der Waals surface area contributed by atoms with Gasteiger partial charge in [-0.05, 0) is 286 Å². The highest BCUT2D eigenvalue weighted by Gasteiger charge is 2.66. The van der Waals surface area contributed by atoms with E-state index in [2.05, 4.69) is 88.4 Å². The second-order valence-corrected chi connectivity index (χ2v) is 46.0. The summed E-state index contributed by atoms with van der Waals surface area (Å²) in [6.07, 6.45) is 32.9. The Labute approximate surface area is 646 Å². The van der Waals surface area contributed by atoms with Crippen molar-refractivity contribution in [3.8, 4) is 0 Å². The van der Waals surface area contributed by atoms with Crippen LogP contribution < -0.4 is 5.32 Å². The van der Waals surface area contributed by atoms with E-state index in [1.165, 1.54) is 101 Å². The number of amides is 3. The lowest BCUT2D eigenvalue weighted by molar-refractivity contribution is -0.130. The molecule has 3 spiro atoms. The van der Waals surface area contributed by atoms with Gasteiger partial charge in [-0.2, -0.15) is 8.61 Å². The number of likely N-dealkylation sites (tertiary alicyclic amines) is 3. The third-order valence-electron chi connectivity index (χ3n) is 36.5. The predicted octanol–water partition coefficient (Wildman–Crippen LogP) is 14.9. The number of allylic oxidation sites excluding steroid dienone is 3. The highest BCUT2D eigenvalue weighted by atomic mass is 32.2. The fraction of sp³-hybridized carbons (Fsp3) is 0.899. The van der Waals surface area contributed by atoms with E-state index < -0.39 is 20.0 Å². The van der Waals surface area contributed by atoms with Crippen LogP contribution in [0.25, 0.3) is 0 Å². The first-order chi connectivity index (χ1) is 50.4. The number of fused-ring (bicyclic) bond motifs is 18. The number of piperidine rings is 3. The van der Waals surface area contributed by atoms with Gasteiger partial charge in [-0.15, -0.1) is 0 Å². The molecule has 0 radical (unpaired) electrons. The molecule has 1 N–H and O–H groups in total. The van der Waals surface area contributed by atoms with Gasteiger partial charge in [0.15, 0.2) is 0 Å². The lowest BCUT2D eigenvalue weighted by atomic mass is 9.55. The Morgan fingerprint density at radius 1 is 0.411 bits per heavy atom. The summed E-state index contributed by atoms with van der Waals surface area (Å²) in [4.78, 5) is 43.7. The van der Waals surface area contributed by atoms with Crippen LogP contribution in [0.5, 0.6) is 0 Å². The lowest BCUT2D eigenvalue weighted by Crippen LogP contribution is -2.53. The second-order valence-electron chi connectivity index (χ2n) is 42.1. The zero-order chi connectivity index (χ0) is 76.1. The number of sulfonamides is 2. The highest BCUT2D eigenvalue weighted by molar-refractivity contribution is 7.88. The summed E-state index contributed by atoms with van der Waals surface area (Å²) in [5, 5.41) is 3.86. The second kappa shape index (κ2) is 28.0. The number of carbonyl (C=O) groups excluding carboxylic acids is 3. The van der Waals surface area contributed by atoms with Crippen molar-refractivity contribution in [2.75, 3.05) is 72.9 Å². The van der Waals surface area contributed by atoms with Gasteiger partial charge in [-0.1, -0.05) is 95.8 Å². The summed E-state index contributed by atoms with van der Waals surface area (Å²) in [5.74, 6) is 11.7. The van der Waals surface area contributed by atoms with Crippen LogP contribution in [0.15, 0.2) is 33.4 Å². The Morgan fingerprint density at radius 2 is 0.729 bits per heavy atom. The Morgan fingerprint density at radius 3 is 1.07 bits per heavy atom. The van der Waals surface area contributed by atoms with Gasteiger partial charge in [-0.25, -0.2) is 16.8 Å². The molecule has 0 bridgehead atoms. The monoisotopic (exact) mass is 1520 g/mol. The van der Waals surface area contributed by atoms with E-state index in [1.807, 2.05) is 35.8 Å². The fourth-order valence-corrected chi connectivity index (χ4v) is 33.0. The van der Waals surface area contributed by atoms with Crippen LogP contribution in [0.4, 0.5) is 0 Å². The number of nitrogens with one attached hydrogen (secondary N) is 1. The van der Waals surface area contributed by atoms with Crippen LogP contribution in [0.2, 0.25) is 0 Å². The summed E-state index contributed by atoms with van der Waals surface area (Å²) in [7, 11) is -0.517. The van der Waals surface area contributed by atoms with Gasteiger partial charge in [0, 0.05) is 96.9 Å². The van der Waals surface area contributed by atoms with Crippen molar-refractivity contribution in [1.29, 1.82) is 0 Å². The summed E-state index contributed by atoms with van der Waals surface area (Å²) in [5.41, 5.74) is 10.2. The molecule has 6 saturated carbocycles. The molecule has 9 aliphatic heterocycles. The van der Waals surface area contributed by atoms with Crippen LogP contribution >= 0.6 is 0 Å². The topological polar surface area (TPSA) is 175 Å². The fourth-order valence-electron chi connectivity index (χ4n) is 30.4. The number of hydrogen-bond donors (Lipinski definition) is 1. The molecular formula is C89H142N6O10S2. The van der Waals surface area contributed by atoms with E-state index in [4.69, 9.17) is 14.2 Å². The molecule has 9 heterocycles. The maximum Gasteiger partial charge on any atom is 0.222 e. The summed E-state index contributed by atoms with van der Waals surface area (Å²) < 4.78 is 75.8. The normalized spacial score (nSPS) is 49.8. The molecule has 15 fully saturated rings. The number of rotatable bonds is 2. The summed E-state index contributed by atoms with van der Waals surface area (Å²) >= 11 is 0. The van der Waals surface area contributed by atoms with Crippen molar-refractivity contribution in [1.82, 2.24) is 28.6 Å². The molecule has 9 saturated heterocycles. The standard InChI is InChI=1S/2C30H48N2O4S.C29H46N2O2/c2*1-18-13-26-28(32(16-18)37(6,34)35)20(3)30(36-26)12-9-22-23-8-7-21-17-31(5)27(33)10-11-29(21,4)25(23)14-24(22)19(2)15-30;1-17-12-25-27(30-15-17)19(3)29(33-25)11-8-21-22-7-6-20-16-31(5)26(32)9-10-28(20,4)24(22)13-23(21)18(2)14-29/h2*18,20-23,25-26,28H,7-17H2,1-6H3;17,19-22,24-25,27,30H,6-16H2,1-5H3/t2*18-,20+,21+,22-,23-,25-,26+,28-,29-,30-;17-,19+,20+,21-,22-,24-,25+,27-,28-,29-/m000/s1. The van der Waals surface area contributed by atoms with Crippen molar-refractivity contribution in [3.63, 3.8) is 0 Å². The van der Waals surface area contributed by atoms with Crippen LogP contribution in [0.1, 0.15) is 256 Å². The Kier molecular flexibility index (Phi) is 20.5. The molecule has 30 atom stereocenters. The average molecular weight is 1520 g/mol. The molecule has 0 aromatic heterocycles. The molecule has 600 valence electrons. The number of nitrogens with zero attached hydrogens (tertiary/aromatic N) is 5. The van der Waals surface area contributed by atoms with Gasteiger partial charge in [0.25, 0.3) is 0 Å². The average Bonchev–Trinajstić information content (AvgIpc) is 1.58. The molecule has 9 aliphatic carbocycles. The lowest BCUT2D eigenvalue weighted by Gasteiger charge is -2.49. The first kappa shape index (κ1) is 78.2. The minimum absolute atomic E-state index is 0.00632. The van der Waals surface area contributed by atoms with Crippen molar-refractivity contribution in [3.05, 3.63) is 33.4 Å². The molecule has 3 amide bonds. The molecule has 0 unspecified atom stereocenters. The van der Waals surface area contributed by atoms with Crippen LogP contribution in [-0.4, -0.2) is 184 Å². The quantitative estimate of drug-likeness (QED) is 0.260. The smallest absolute Gasteiger partial charge is 0.222 e. The first-order valence-electron chi connectivity index (χ1n) is 43.9. The summed E-state index contributed by atoms with van der Waals surface area (Å²) in [6.45, 7) is 33.6. The maximum atomic E-state index is 12.8. The third-order valence-corrected chi connectivity index (χ3v) is 39.0. The molecular weight excluding hydrogens is 1380 g/mol. The van der Waals surface area contributed by atoms with E-state index >= 15 is 0 Å². The van der Waals surface area contributed by atoms with E-state index in [0.29, 0.717) is 132 Å². The first-order valence-corrected chi connectivity index (χ1v) is 47.6. The van der Waals surface area contributed by atoms with Crippen LogP contribution in [-0.2, 0) is 48.6 Å². The summed E-state index contributed by atoms with van der Waals surface area (Å²) in [6, 6.07) is 0.466. The van der Waals surface area contributed by atoms with E-state index in [9.17, 15) is 31.2 Å². The van der Waals surface area contributed by atoms with Gasteiger partial charge in [0.05, 0.1) is 59.7 Å². The molecule has 18 rings (SSSR count). The van der Waals surface area contributed by atoms with Crippen molar-refractivity contribution < 1.29 is 45.4 Å². The van der Waals surface area contributed by atoms with Gasteiger partial charge >= 0.3 is 0 Å². The maximum absolute atomic E-state index is 12.8. The Bertz CT molecular complexity index is 3650. The number of ether oxygens (including phenoxy) is 3. The van der Waals surface area contributed by atoms with Crippen molar-refractivity contribution in [2.45, 2.75) is 310 Å². The van der Waals surface area contributed by atoms with Gasteiger partial charge in [0.2, 0.25) is 37.8 Å². The largest absolute Gasteiger partial charge is 0.369 e. The van der Waals surface area contributed by atoms with E-state index in [1.54, 1.807) is 30.9 Å². The van der Waals surface area contributed by atoms with Crippen LogP contribution in [0.3, 0.4) is 0 Å².